The van der Waals surface area contributed by atoms with Crippen LogP contribution in [0.1, 0.15) is 63.5 Å². The third-order valence-electron chi connectivity index (χ3n) is 9.68. The molecule has 1 aliphatic carbocycles. The lowest BCUT2D eigenvalue weighted by atomic mass is 9.79. The van der Waals surface area contributed by atoms with Gasteiger partial charge in [0.1, 0.15) is 11.4 Å². The van der Waals surface area contributed by atoms with E-state index in [2.05, 4.69) is 46.0 Å². The molecule has 3 aromatic carbocycles. The number of carboxylic acids is 1. The summed E-state index contributed by atoms with van der Waals surface area (Å²) in [6.45, 7) is 7.95. The molecule has 270 valence electrons. The number of ether oxygens (including phenoxy) is 3. The molecule has 0 radical (unpaired) electrons. The summed E-state index contributed by atoms with van der Waals surface area (Å²) in [4.78, 5) is 43.0. The van der Waals surface area contributed by atoms with Gasteiger partial charge in [-0.15, -0.1) is 0 Å². The molecule has 1 aromatic heterocycles. The first-order chi connectivity index (χ1) is 24.5. The quantitative estimate of drug-likeness (QED) is 0.146. The van der Waals surface area contributed by atoms with Crippen LogP contribution in [-0.2, 0) is 32.2 Å². The van der Waals surface area contributed by atoms with E-state index in [9.17, 15) is 14.4 Å². The third kappa shape index (κ3) is 8.92. The van der Waals surface area contributed by atoms with Gasteiger partial charge in [0, 0.05) is 63.0 Å². The number of benzene rings is 3. The van der Waals surface area contributed by atoms with Crippen LogP contribution in [0.4, 0.5) is 4.79 Å². The Morgan fingerprint density at radius 2 is 1.71 bits per heavy atom. The van der Waals surface area contributed by atoms with Gasteiger partial charge >= 0.3 is 12.1 Å². The van der Waals surface area contributed by atoms with Gasteiger partial charge in [0.2, 0.25) is 5.91 Å². The summed E-state index contributed by atoms with van der Waals surface area (Å²) < 4.78 is 18.7. The highest BCUT2D eigenvalue weighted by Gasteiger charge is 2.43. The van der Waals surface area contributed by atoms with Gasteiger partial charge in [-0.2, -0.15) is 0 Å². The Bertz CT molecular complexity index is 1840. The van der Waals surface area contributed by atoms with Gasteiger partial charge in [-0.25, -0.2) is 9.59 Å². The smallest absolute Gasteiger partial charge is 0.410 e. The fourth-order valence-corrected chi connectivity index (χ4v) is 7.11. The minimum atomic E-state index is -1.03. The molecular formula is C41H49N3O7. The second-order valence-electron chi connectivity index (χ2n) is 14.7. The van der Waals surface area contributed by atoms with Crippen LogP contribution >= 0.6 is 0 Å². The molecule has 2 aliphatic rings. The lowest BCUT2D eigenvalue weighted by Gasteiger charge is -2.40. The first kappa shape index (κ1) is 36.0. The molecule has 10 heteroatoms. The minimum Gasteiger partial charge on any atom is -0.482 e. The Balaban J connectivity index is 1.30. The minimum absolute atomic E-state index is 0.0670. The van der Waals surface area contributed by atoms with Crippen molar-refractivity contribution in [3.63, 3.8) is 0 Å². The maximum atomic E-state index is 14.9. The molecule has 0 bridgehead atoms. The van der Waals surface area contributed by atoms with E-state index >= 15 is 0 Å². The monoisotopic (exact) mass is 695 g/mol. The van der Waals surface area contributed by atoms with Gasteiger partial charge in [0.05, 0.1) is 5.92 Å². The van der Waals surface area contributed by atoms with Crippen molar-refractivity contribution in [2.45, 2.75) is 77.1 Å². The van der Waals surface area contributed by atoms with Gasteiger partial charge in [-0.05, 0) is 92.8 Å². The predicted molar refractivity (Wildman–Crippen MR) is 196 cm³/mol. The van der Waals surface area contributed by atoms with Gasteiger partial charge in [0.25, 0.3) is 0 Å². The predicted octanol–water partition coefficient (Wildman–Crippen LogP) is 7.34. The lowest BCUT2D eigenvalue weighted by molar-refractivity contribution is -0.140. The van der Waals surface area contributed by atoms with Crippen LogP contribution in [-0.4, -0.2) is 82.5 Å². The highest BCUT2D eigenvalue weighted by Crippen LogP contribution is 2.40. The number of carbonyl (C=O) groups is 3. The van der Waals surface area contributed by atoms with Crippen LogP contribution < -0.4 is 4.74 Å². The number of piperidine rings is 1. The summed E-state index contributed by atoms with van der Waals surface area (Å²) >= 11 is 0. The first-order valence-electron chi connectivity index (χ1n) is 17.9. The summed E-state index contributed by atoms with van der Waals surface area (Å²) in [6.07, 6.45) is 5.25. The Morgan fingerprint density at radius 1 is 0.941 bits per heavy atom. The average Bonchev–Trinajstić information content (AvgIpc) is 3.91. The number of aromatic nitrogens is 1. The van der Waals surface area contributed by atoms with Crippen LogP contribution in [0.3, 0.4) is 0 Å². The summed E-state index contributed by atoms with van der Waals surface area (Å²) in [5.74, 6) is -1.04. The highest BCUT2D eigenvalue weighted by atomic mass is 16.6. The Morgan fingerprint density at radius 3 is 2.41 bits per heavy atom. The maximum Gasteiger partial charge on any atom is 0.410 e. The number of carboxylic acid groups (broad SMARTS) is 1. The molecular weight excluding hydrogens is 646 g/mol. The molecule has 2 heterocycles. The highest BCUT2D eigenvalue weighted by molar-refractivity contribution is 5.86. The number of carbonyl (C=O) groups excluding carboxylic acids is 2. The zero-order valence-electron chi connectivity index (χ0n) is 30.0. The number of fused-ring (bicyclic) bond motifs is 1. The van der Waals surface area contributed by atoms with E-state index in [1.165, 1.54) is 0 Å². The van der Waals surface area contributed by atoms with Gasteiger partial charge in [-0.3, -0.25) is 4.79 Å². The maximum absolute atomic E-state index is 14.9. The zero-order chi connectivity index (χ0) is 36.1. The van der Waals surface area contributed by atoms with E-state index in [1.807, 2.05) is 51.1 Å². The van der Waals surface area contributed by atoms with E-state index < -0.39 is 30.2 Å². The fourth-order valence-electron chi connectivity index (χ4n) is 7.11. The molecule has 2 fully saturated rings. The number of hydrogen-bond donors (Lipinski definition) is 1. The summed E-state index contributed by atoms with van der Waals surface area (Å²) in [6, 6.07) is 24.1. The Hall–Kier alpha value is -4.83. The Labute approximate surface area is 299 Å². The second-order valence-corrected chi connectivity index (χ2v) is 14.7. The number of nitrogens with zero attached hydrogens (tertiary/aromatic N) is 3. The summed E-state index contributed by atoms with van der Waals surface area (Å²) in [5, 5.41) is 10.1. The molecule has 10 nitrogen and oxygen atoms in total. The van der Waals surface area contributed by atoms with Crippen LogP contribution in [0.15, 0.2) is 79.0 Å². The number of amides is 2. The molecule has 6 rings (SSSR count). The number of rotatable bonds is 13. The van der Waals surface area contributed by atoms with Crippen molar-refractivity contribution in [2.75, 3.05) is 33.4 Å². The van der Waals surface area contributed by atoms with E-state index in [1.54, 1.807) is 24.1 Å². The standard InChI is InChI=1S/C41H49N3O7/c1-41(2,3)51-40(48)43-21-19-34(30-10-7-9-29(23-30)28-13-17-33(18-14-28)50-27-38(45)46)36(26-43)39(47)44(32-15-16-32)25-31-24-42(20-8-22-49-4)37-12-6-5-11-35(31)37/h5-7,9-14,17-18,23-24,32,34,36H,8,15-16,19-22,25-27H2,1-4H3,(H,45,46)/t34-,36+/m1/s1. The van der Waals surface area contributed by atoms with Crippen molar-refractivity contribution in [2.24, 2.45) is 5.92 Å². The second kappa shape index (κ2) is 15.6. The number of likely N-dealkylation sites (tertiary alicyclic amines) is 1. The molecule has 1 aliphatic heterocycles. The van der Waals surface area contributed by atoms with Gasteiger partial charge < -0.3 is 33.7 Å². The van der Waals surface area contributed by atoms with Crippen LogP contribution in [0, 0.1) is 5.92 Å². The summed E-state index contributed by atoms with van der Waals surface area (Å²) in [5.41, 5.74) is 4.61. The van der Waals surface area contributed by atoms with E-state index in [0.717, 1.165) is 59.0 Å². The molecule has 2 amide bonds. The molecule has 1 saturated heterocycles. The zero-order valence-corrected chi connectivity index (χ0v) is 30.0. The number of hydrogen-bond acceptors (Lipinski definition) is 6. The number of aryl methyl sites for hydroxylation is 1. The van der Waals surface area contributed by atoms with Gasteiger partial charge in [0.15, 0.2) is 6.61 Å². The number of methoxy groups -OCH3 is 1. The van der Waals surface area contributed by atoms with Gasteiger partial charge in [-0.1, -0.05) is 54.6 Å². The first-order valence-corrected chi connectivity index (χ1v) is 17.9. The van der Waals surface area contributed by atoms with Crippen molar-refractivity contribution < 1.29 is 33.7 Å². The van der Waals surface area contributed by atoms with Crippen LogP contribution in [0.5, 0.6) is 5.75 Å². The molecule has 0 spiro atoms. The summed E-state index contributed by atoms with van der Waals surface area (Å²) in [7, 11) is 1.72. The average molecular weight is 696 g/mol. The fraction of sp³-hybridized carbons (Fsp3) is 0.439. The number of para-hydroxylation sites is 1. The van der Waals surface area contributed by atoms with Crippen LogP contribution in [0.2, 0.25) is 0 Å². The Kier molecular flexibility index (Phi) is 11.0. The molecule has 4 aromatic rings. The molecule has 1 saturated carbocycles. The van der Waals surface area contributed by atoms with Crippen molar-refractivity contribution in [1.82, 2.24) is 14.4 Å². The van der Waals surface area contributed by atoms with E-state index in [0.29, 0.717) is 31.9 Å². The number of aliphatic carboxylic acids is 1. The van der Waals surface area contributed by atoms with Crippen molar-refractivity contribution in [3.05, 3.63) is 90.1 Å². The molecule has 1 N–H and O–H groups in total. The molecule has 2 atom stereocenters. The van der Waals surface area contributed by atoms with Crippen LogP contribution in [0.25, 0.3) is 22.0 Å². The molecule has 0 unspecified atom stereocenters. The SMILES string of the molecule is COCCCn1cc(CN(C(=O)[C@H]2CN(C(=O)OC(C)(C)C)CC[C@@H]2c2cccc(-c3ccc(OCC(=O)O)cc3)c2)C2CC2)c2ccccc21. The van der Waals surface area contributed by atoms with Crippen molar-refractivity contribution in [3.8, 4) is 16.9 Å². The molecule has 51 heavy (non-hydrogen) atoms. The largest absolute Gasteiger partial charge is 0.482 e. The van der Waals surface area contributed by atoms with Crippen molar-refractivity contribution >= 4 is 28.9 Å². The topological polar surface area (TPSA) is 111 Å². The van der Waals surface area contributed by atoms with E-state index in [4.69, 9.17) is 19.3 Å². The third-order valence-corrected chi connectivity index (χ3v) is 9.68. The van der Waals surface area contributed by atoms with Crippen molar-refractivity contribution in [1.29, 1.82) is 0 Å². The van der Waals surface area contributed by atoms with E-state index in [-0.39, 0.29) is 24.4 Å². The lowest BCUT2D eigenvalue weighted by Crippen LogP contribution is -2.51. The normalized spacial score (nSPS) is 17.7.